The maximum Gasteiger partial charge on any atom is 0.134 e. The molecule has 1 aliphatic carbocycles. The van der Waals surface area contributed by atoms with Crippen molar-refractivity contribution in [3.63, 3.8) is 0 Å². The smallest absolute Gasteiger partial charge is 0.134 e. The maximum atomic E-state index is 14.0. The quantitative estimate of drug-likeness (QED) is 0.628. The van der Waals surface area contributed by atoms with Crippen LogP contribution in [0.25, 0.3) is 10.9 Å². The molecular weight excluding hydrogens is 297 g/mol. The van der Waals surface area contributed by atoms with E-state index in [1.54, 1.807) is 6.07 Å². The zero-order chi connectivity index (χ0) is 12.7. The van der Waals surface area contributed by atoms with E-state index in [2.05, 4.69) is 26.3 Å². The van der Waals surface area contributed by atoms with E-state index in [1.165, 1.54) is 6.07 Å². The van der Waals surface area contributed by atoms with Crippen molar-refractivity contribution in [2.45, 2.75) is 25.7 Å². The van der Waals surface area contributed by atoms with Gasteiger partial charge >= 0.3 is 0 Å². The minimum atomic E-state index is -0.290. The van der Waals surface area contributed by atoms with Gasteiger partial charge in [0, 0.05) is 10.2 Å². The first-order valence-corrected chi connectivity index (χ1v) is 6.77. The van der Waals surface area contributed by atoms with Crippen molar-refractivity contribution in [3.8, 4) is 0 Å². The fourth-order valence-electron chi connectivity index (χ4n) is 2.62. The lowest BCUT2D eigenvalue weighted by Crippen LogP contribution is -2.15. The third kappa shape index (κ3) is 1.69. The zero-order valence-electron chi connectivity index (χ0n) is 9.76. The van der Waals surface area contributed by atoms with Gasteiger partial charge in [-0.1, -0.05) is 0 Å². The number of fused-ring (bicyclic) bond motifs is 2. The second-order valence-corrected chi connectivity index (χ2v) is 5.37. The van der Waals surface area contributed by atoms with Crippen LogP contribution in [-0.2, 0) is 12.8 Å². The lowest BCUT2D eigenvalue weighted by molar-refractivity contribution is 0.637. The van der Waals surface area contributed by atoms with Gasteiger partial charge in [0.15, 0.2) is 0 Å². The van der Waals surface area contributed by atoms with Gasteiger partial charge in [-0.3, -0.25) is 10.8 Å². The minimum Gasteiger partial charge on any atom is -0.323 e. The van der Waals surface area contributed by atoms with Crippen molar-refractivity contribution in [1.29, 1.82) is 0 Å². The molecule has 1 aromatic heterocycles. The molecule has 0 spiro atoms. The molecule has 1 aromatic carbocycles. The highest BCUT2D eigenvalue weighted by Gasteiger charge is 2.20. The average molecular weight is 310 g/mol. The second kappa shape index (κ2) is 4.48. The summed E-state index contributed by atoms with van der Waals surface area (Å²) in [6.45, 7) is 0. The highest BCUT2D eigenvalue weighted by Crippen LogP contribution is 2.36. The predicted octanol–water partition coefficient (Wildman–Crippen LogP) is 3.30. The molecular formula is C13H13BrFN3. The molecule has 94 valence electrons. The molecule has 3 nitrogen and oxygen atoms in total. The van der Waals surface area contributed by atoms with Gasteiger partial charge in [-0.05, 0) is 59.3 Å². The third-order valence-electron chi connectivity index (χ3n) is 3.46. The molecule has 1 aliphatic rings. The Kier molecular flexibility index (Phi) is 2.95. The van der Waals surface area contributed by atoms with Crippen molar-refractivity contribution < 1.29 is 4.39 Å². The molecule has 0 saturated carbocycles. The van der Waals surface area contributed by atoms with Crippen LogP contribution in [0.15, 0.2) is 16.6 Å². The summed E-state index contributed by atoms with van der Waals surface area (Å²) in [4.78, 5) is 4.60. The summed E-state index contributed by atoms with van der Waals surface area (Å²) in [5.74, 6) is 5.31. The monoisotopic (exact) mass is 309 g/mol. The Morgan fingerprint density at radius 1 is 1.28 bits per heavy atom. The lowest BCUT2D eigenvalue weighted by atomic mass is 9.93. The summed E-state index contributed by atoms with van der Waals surface area (Å²) < 4.78 is 14.8. The van der Waals surface area contributed by atoms with E-state index in [0.717, 1.165) is 41.4 Å². The Morgan fingerprint density at radius 3 is 2.83 bits per heavy atom. The molecule has 5 heteroatoms. The maximum absolute atomic E-state index is 14.0. The third-order valence-corrected chi connectivity index (χ3v) is 4.10. The van der Waals surface area contributed by atoms with Gasteiger partial charge in [-0.15, -0.1) is 0 Å². The molecule has 2 aromatic rings. The fourth-order valence-corrected chi connectivity index (χ4v) is 3.03. The number of hydrazine groups is 1. The molecule has 0 bridgehead atoms. The van der Waals surface area contributed by atoms with Gasteiger partial charge in [-0.2, -0.15) is 0 Å². The summed E-state index contributed by atoms with van der Waals surface area (Å²) in [6, 6.07) is 3.12. The molecule has 18 heavy (non-hydrogen) atoms. The number of pyridine rings is 1. The van der Waals surface area contributed by atoms with Crippen molar-refractivity contribution in [1.82, 2.24) is 4.98 Å². The van der Waals surface area contributed by atoms with Crippen LogP contribution in [0.1, 0.15) is 24.1 Å². The Morgan fingerprint density at radius 2 is 2.06 bits per heavy atom. The van der Waals surface area contributed by atoms with Crippen molar-refractivity contribution in [2.75, 3.05) is 5.43 Å². The van der Waals surface area contributed by atoms with E-state index in [4.69, 9.17) is 5.84 Å². The number of benzene rings is 1. The number of nitrogen functional groups attached to an aromatic ring is 1. The van der Waals surface area contributed by atoms with E-state index in [-0.39, 0.29) is 5.82 Å². The molecule has 0 unspecified atom stereocenters. The Bertz CT molecular complexity index is 627. The SMILES string of the molecule is NNc1c2c(nc3c(Br)ccc(F)c13)CCCC2. The lowest BCUT2D eigenvalue weighted by Gasteiger charge is -2.20. The predicted molar refractivity (Wildman–Crippen MR) is 73.9 cm³/mol. The molecule has 0 atom stereocenters. The number of rotatable bonds is 1. The number of aromatic nitrogens is 1. The zero-order valence-corrected chi connectivity index (χ0v) is 11.3. The van der Waals surface area contributed by atoms with E-state index in [1.807, 2.05) is 0 Å². The number of hydrogen-bond donors (Lipinski definition) is 2. The largest absolute Gasteiger partial charge is 0.323 e. The van der Waals surface area contributed by atoms with Crippen LogP contribution < -0.4 is 11.3 Å². The molecule has 0 aliphatic heterocycles. The number of hydrogen-bond acceptors (Lipinski definition) is 3. The van der Waals surface area contributed by atoms with Gasteiger partial charge in [0.25, 0.3) is 0 Å². The Labute approximate surface area is 113 Å². The van der Waals surface area contributed by atoms with E-state index >= 15 is 0 Å². The minimum absolute atomic E-state index is 0.290. The average Bonchev–Trinajstić information content (AvgIpc) is 2.41. The van der Waals surface area contributed by atoms with Crippen molar-refractivity contribution >= 4 is 32.5 Å². The molecule has 0 radical (unpaired) electrons. The van der Waals surface area contributed by atoms with Crippen LogP contribution in [0.2, 0.25) is 0 Å². The van der Waals surface area contributed by atoms with E-state index < -0.39 is 0 Å². The van der Waals surface area contributed by atoms with Crippen LogP contribution in [0.3, 0.4) is 0 Å². The molecule has 0 amide bonds. The first-order valence-electron chi connectivity index (χ1n) is 5.98. The van der Waals surface area contributed by atoms with Crippen LogP contribution in [0.4, 0.5) is 10.1 Å². The number of nitrogens with one attached hydrogen (secondary N) is 1. The van der Waals surface area contributed by atoms with Crippen LogP contribution in [-0.4, -0.2) is 4.98 Å². The summed E-state index contributed by atoms with van der Waals surface area (Å²) >= 11 is 3.42. The van der Waals surface area contributed by atoms with Gasteiger partial charge < -0.3 is 5.43 Å². The topological polar surface area (TPSA) is 50.9 Å². The highest BCUT2D eigenvalue weighted by molar-refractivity contribution is 9.10. The second-order valence-electron chi connectivity index (χ2n) is 4.52. The van der Waals surface area contributed by atoms with Crippen LogP contribution in [0, 0.1) is 5.82 Å². The Hall–Kier alpha value is -1.20. The first-order chi connectivity index (χ1) is 8.72. The van der Waals surface area contributed by atoms with Crippen LogP contribution in [0.5, 0.6) is 0 Å². The highest BCUT2D eigenvalue weighted by atomic mass is 79.9. The van der Waals surface area contributed by atoms with Crippen molar-refractivity contribution in [2.24, 2.45) is 5.84 Å². The Balaban J connectivity index is 2.44. The van der Waals surface area contributed by atoms with Gasteiger partial charge in [-0.25, -0.2) is 4.39 Å². The summed E-state index contributed by atoms with van der Waals surface area (Å²) in [6.07, 6.45) is 4.07. The molecule has 3 N–H and O–H groups in total. The standard InChI is InChI=1S/C13H13BrFN3/c14-8-5-6-9(15)11-12(18-16)7-3-1-2-4-10(7)17-13(8)11/h5-6H,1-4,16H2,(H,17,18). The normalized spacial score (nSPS) is 14.6. The summed E-state index contributed by atoms with van der Waals surface area (Å²) in [5, 5.41) is 0.479. The molecule has 1 heterocycles. The molecule has 3 rings (SSSR count). The fraction of sp³-hybridized carbons (Fsp3) is 0.308. The number of aryl methyl sites for hydroxylation is 1. The molecule has 0 fully saturated rings. The molecule has 0 saturated heterocycles. The number of anilines is 1. The van der Waals surface area contributed by atoms with Gasteiger partial charge in [0.2, 0.25) is 0 Å². The van der Waals surface area contributed by atoms with E-state index in [9.17, 15) is 4.39 Å². The number of nitrogens with zero attached hydrogens (tertiary/aromatic N) is 1. The van der Waals surface area contributed by atoms with Crippen LogP contribution >= 0.6 is 15.9 Å². The van der Waals surface area contributed by atoms with Crippen molar-refractivity contribution in [3.05, 3.63) is 33.7 Å². The number of halogens is 2. The summed E-state index contributed by atoms with van der Waals surface area (Å²) in [7, 11) is 0. The van der Waals surface area contributed by atoms with Gasteiger partial charge in [0.05, 0.1) is 16.6 Å². The first kappa shape index (κ1) is 11.9. The summed E-state index contributed by atoms with van der Waals surface area (Å²) in [5.41, 5.74) is 6.09. The van der Waals surface area contributed by atoms with E-state index in [0.29, 0.717) is 16.6 Å². The number of nitrogens with two attached hydrogens (primary N) is 1. The van der Waals surface area contributed by atoms with Gasteiger partial charge in [0.1, 0.15) is 5.82 Å².